The minimum absolute atomic E-state index is 0.0394. The first-order valence-corrected chi connectivity index (χ1v) is 11.7. The first-order chi connectivity index (χ1) is 13.1. The molecule has 0 saturated carbocycles. The smallest absolute Gasteiger partial charge is 0.264 e. The second kappa shape index (κ2) is 7.57. The fourth-order valence-corrected chi connectivity index (χ4v) is 4.59. The lowest BCUT2D eigenvalue weighted by atomic mass is 10.3. The molecule has 0 aliphatic heterocycles. The summed E-state index contributed by atoms with van der Waals surface area (Å²) in [7, 11) is -7.70. The van der Waals surface area contributed by atoms with Crippen LogP contribution in [0.15, 0.2) is 67.3 Å². The van der Waals surface area contributed by atoms with E-state index in [1.165, 1.54) is 36.4 Å². The van der Waals surface area contributed by atoms with Gasteiger partial charge in [0.2, 0.25) is 5.88 Å². The van der Waals surface area contributed by atoms with E-state index >= 15 is 0 Å². The van der Waals surface area contributed by atoms with Gasteiger partial charge < -0.3 is 4.52 Å². The second-order valence-electron chi connectivity index (χ2n) is 5.91. The van der Waals surface area contributed by atoms with Crippen LogP contribution in [0, 0.1) is 13.8 Å². The molecule has 28 heavy (non-hydrogen) atoms. The van der Waals surface area contributed by atoms with Crippen LogP contribution in [0.2, 0.25) is 0 Å². The maximum Gasteiger partial charge on any atom is 0.264 e. The molecule has 2 N–H and O–H groups in total. The Bertz CT molecular complexity index is 1200. The highest BCUT2D eigenvalue weighted by atomic mass is 79.9. The van der Waals surface area contributed by atoms with Crippen LogP contribution >= 0.6 is 15.9 Å². The van der Waals surface area contributed by atoms with Gasteiger partial charge in [-0.2, -0.15) is 0 Å². The molecular formula is C17H16BrN3O5S2. The summed E-state index contributed by atoms with van der Waals surface area (Å²) in [5.41, 5.74) is 1.39. The lowest BCUT2D eigenvalue weighted by Gasteiger charge is -2.10. The van der Waals surface area contributed by atoms with Crippen LogP contribution in [0.4, 0.5) is 11.6 Å². The minimum atomic E-state index is -3.91. The summed E-state index contributed by atoms with van der Waals surface area (Å²) in [6.07, 6.45) is 0. The van der Waals surface area contributed by atoms with Crippen molar-refractivity contribution in [3.63, 3.8) is 0 Å². The minimum Gasteiger partial charge on any atom is -0.337 e. The summed E-state index contributed by atoms with van der Waals surface area (Å²) in [5, 5.41) is 3.70. The number of aryl methyl sites for hydroxylation is 1. The van der Waals surface area contributed by atoms with E-state index in [4.69, 9.17) is 4.52 Å². The Kier molecular flexibility index (Phi) is 5.50. The summed E-state index contributed by atoms with van der Waals surface area (Å²) < 4.78 is 60.2. The number of benzene rings is 2. The highest BCUT2D eigenvalue weighted by molar-refractivity contribution is 9.10. The van der Waals surface area contributed by atoms with Crippen LogP contribution in [0.3, 0.4) is 0 Å². The van der Waals surface area contributed by atoms with Gasteiger partial charge in [-0.1, -0.05) is 21.1 Å². The summed E-state index contributed by atoms with van der Waals surface area (Å²) in [4.78, 5) is 0.0396. The van der Waals surface area contributed by atoms with Crippen molar-refractivity contribution in [2.75, 3.05) is 9.44 Å². The molecule has 0 spiro atoms. The van der Waals surface area contributed by atoms with Gasteiger partial charge in [0.05, 0.1) is 15.5 Å². The zero-order valence-corrected chi connectivity index (χ0v) is 18.0. The number of hydrogen-bond acceptors (Lipinski definition) is 6. The zero-order chi connectivity index (χ0) is 20.5. The number of aromatic nitrogens is 1. The van der Waals surface area contributed by atoms with E-state index in [9.17, 15) is 16.8 Å². The number of sulfonamides is 2. The molecule has 3 rings (SSSR count). The van der Waals surface area contributed by atoms with Crippen molar-refractivity contribution in [2.45, 2.75) is 23.6 Å². The van der Waals surface area contributed by atoms with Crippen LogP contribution in [0.5, 0.6) is 0 Å². The third-order valence-electron chi connectivity index (χ3n) is 3.92. The maximum absolute atomic E-state index is 12.5. The largest absolute Gasteiger partial charge is 0.337 e. The predicted octanol–water partition coefficient (Wildman–Crippen LogP) is 3.66. The molecule has 0 unspecified atom stereocenters. The van der Waals surface area contributed by atoms with Crippen molar-refractivity contribution in [2.24, 2.45) is 0 Å². The van der Waals surface area contributed by atoms with Crippen molar-refractivity contribution in [3.05, 3.63) is 64.3 Å². The van der Waals surface area contributed by atoms with E-state index < -0.39 is 20.0 Å². The van der Waals surface area contributed by atoms with Gasteiger partial charge in [-0.3, -0.25) is 4.72 Å². The molecule has 1 heterocycles. The summed E-state index contributed by atoms with van der Waals surface area (Å²) in [6.45, 7) is 3.38. The summed E-state index contributed by atoms with van der Waals surface area (Å²) in [6, 6.07) is 11.5. The molecule has 2 aromatic carbocycles. The second-order valence-corrected chi connectivity index (χ2v) is 10.2. The number of nitrogens with zero attached hydrogens (tertiary/aromatic N) is 1. The summed E-state index contributed by atoms with van der Waals surface area (Å²) >= 11 is 3.25. The Balaban J connectivity index is 1.79. The number of anilines is 2. The first-order valence-electron chi connectivity index (χ1n) is 7.93. The Morgan fingerprint density at radius 1 is 0.821 bits per heavy atom. The van der Waals surface area contributed by atoms with Crippen LogP contribution in [-0.2, 0) is 20.0 Å². The van der Waals surface area contributed by atoms with Crippen molar-refractivity contribution < 1.29 is 21.4 Å². The normalized spacial score (nSPS) is 12.0. The number of hydrogen-bond donors (Lipinski definition) is 2. The molecule has 0 aliphatic carbocycles. The molecular weight excluding hydrogens is 470 g/mol. The monoisotopic (exact) mass is 485 g/mol. The van der Waals surface area contributed by atoms with Crippen molar-refractivity contribution in [1.82, 2.24) is 5.16 Å². The molecule has 1 aromatic heterocycles. The van der Waals surface area contributed by atoms with E-state index in [-0.39, 0.29) is 21.4 Å². The molecule has 148 valence electrons. The maximum atomic E-state index is 12.5. The Morgan fingerprint density at radius 2 is 1.32 bits per heavy atom. The Labute approximate surface area is 171 Å². The fraction of sp³-hybridized carbons (Fsp3) is 0.118. The third kappa shape index (κ3) is 4.37. The van der Waals surface area contributed by atoms with Crippen LogP contribution in [-0.4, -0.2) is 22.0 Å². The number of halogens is 1. The quantitative estimate of drug-likeness (QED) is 0.549. The van der Waals surface area contributed by atoms with E-state index in [2.05, 4.69) is 30.5 Å². The molecule has 0 aliphatic rings. The highest BCUT2D eigenvalue weighted by Gasteiger charge is 2.20. The van der Waals surface area contributed by atoms with Gasteiger partial charge in [0, 0.05) is 15.7 Å². The van der Waals surface area contributed by atoms with Crippen LogP contribution in [0.1, 0.15) is 11.3 Å². The molecule has 0 bridgehead atoms. The lowest BCUT2D eigenvalue weighted by molar-refractivity contribution is 0.430. The van der Waals surface area contributed by atoms with Crippen molar-refractivity contribution in [1.29, 1.82) is 0 Å². The zero-order valence-electron chi connectivity index (χ0n) is 14.8. The van der Waals surface area contributed by atoms with Gasteiger partial charge in [0.1, 0.15) is 0 Å². The Hall–Kier alpha value is -2.37. The predicted molar refractivity (Wildman–Crippen MR) is 108 cm³/mol. The van der Waals surface area contributed by atoms with Gasteiger partial charge in [-0.15, -0.1) is 0 Å². The van der Waals surface area contributed by atoms with Gasteiger partial charge in [0.15, 0.2) is 0 Å². The van der Waals surface area contributed by atoms with E-state index in [0.717, 1.165) is 4.47 Å². The van der Waals surface area contributed by atoms with Crippen LogP contribution in [0.25, 0.3) is 0 Å². The molecule has 0 atom stereocenters. The fourth-order valence-electron chi connectivity index (χ4n) is 2.22. The lowest BCUT2D eigenvalue weighted by Crippen LogP contribution is -2.14. The molecule has 0 radical (unpaired) electrons. The number of nitrogens with one attached hydrogen (secondary N) is 2. The van der Waals surface area contributed by atoms with E-state index in [1.54, 1.807) is 26.0 Å². The van der Waals surface area contributed by atoms with Gasteiger partial charge in [0.25, 0.3) is 20.0 Å². The van der Waals surface area contributed by atoms with Crippen molar-refractivity contribution >= 4 is 47.5 Å². The van der Waals surface area contributed by atoms with E-state index in [0.29, 0.717) is 11.3 Å². The molecule has 11 heteroatoms. The van der Waals surface area contributed by atoms with E-state index in [1.807, 2.05) is 0 Å². The van der Waals surface area contributed by atoms with Crippen molar-refractivity contribution in [3.8, 4) is 0 Å². The molecule has 3 aromatic rings. The average molecular weight is 486 g/mol. The first kappa shape index (κ1) is 20.4. The van der Waals surface area contributed by atoms with Crippen LogP contribution < -0.4 is 9.44 Å². The highest BCUT2D eigenvalue weighted by Crippen LogP contribution is 2.24. The number of rotatable bonds is 6. The van der Waals surface area contributed by atoms with Gasteiger partial charge in [-0.05, 0) is 62.4 Å². The molecule has 0 saturated heterocycles. The molecule has 8 nitrogen and oxygen atoms in total. The molecule has 0 fully saturated rings. The summed E-state index contributed by atoms with van der Waals surface area (Å²) in [5.74, 6) is 0.0394. The Morgan fingerprint density at radius 3 is 1.82 bits per heavy atom. The third-order valence-corrected chi connectivity index (χ3v) is 7.20. The standard InChI is InChI=1S/C17H16BrN3O5S2/c1-11-12(2)19-26-17(11)21-28(24,25)16-9-5-14(6-10-16)20-27(22,23)15-7-3-13(18)4-8-15/h3-10,20-21H,1-2H3. The molecule has 0 amide bonds. The van der Waals surface area contributed by atoms with Gasteiger partial charge in [-0.25, -0.2) is 21.6 Å². The average Bonchev–Trinajstić information content (AvgIpc) is 2.94. The van der Waals surface area contributed by atoms with Gasteiger partial charge >= 0.3 is 0 Å². The topological polar surface area (TPSA) is 118 Å². The SMILES string of the molecule is Cc1noc(NS(=O)(=O)c2ccc(NS(=O)(=O)c3ccc(Br)cc3)cc2)c1C.